The van der Waals surface area contributed by atoms with Gasteiger partial charge in [0.15, 0.2) is 0 Å². The molecule has 1 fully saturated rings. The Bertz CT molecular complexity index is 345. The zero-order chi connectivity index (χ0) is 9.97. The van der Waals surface area contributed by atoms with Crippen LogP contribution in [0.2, 0.25) is 0 Å². The number of aromatic nitrogens is 1. The fourth-order valence-corrected chi connectivity index (χ4v) is 1.76. The van der Waals surface area contributed by atoms with Crippen LogP contribution in [-0.4, -0.2) is 18.1 Å². The molecule has 0 atom stereocenters. The second-order valence-electron chi connectivity index (χ2n) is 3.58. The number of nitrogens with zero attached hydrogens (tertiary/aromatic N) is 1. The minimum atomic E-state index is -0.278. The summed E-state index contributed by atoms with van der Waals surface area (Å²) in [5.74, 6) is 0.257. The van der Waals surface area contributed by atoms with Gasteiger partial charge in [-0.1, -0.05) is 6.42 Å². The summed E-state index contributed by atoms with van der Waals surface area (Å²) in [6.45, 7) is 0. The predicted octanol–water partition coefficient (Wildman–Crippen LogP) is 2.14. The van der Waals surface area contributed by atoms with Crippen LogP contribution in [0.4, 0.5) is 0 Å². The summed E-state index contributed by atoms with van der Waals surface area (Å²) in [7, 11) is 1.40. The SMILES string of the molecule is COC(=O)c1cnccc1C1CCC1. The highest BCUT2D eigenvalue weighted by Gasteiger charge is 2.24. The number of rotatable bonds is 2. The fraction of sp³-hybridized carbons (Fsp3) is 0.455. The lowest BCUT2D eigenvalue weighted by atomic mass is 9.79. The van der Waals surface area contributed by atoms with E-state index < -0.39 is 0 Å². The van der Waals surface area contributed by atoms with E-state index in [1.807, 2.05) is 6.07 Å². The van der Waals surface area contributed by atoms with Gasteiger partial charge >= 0.3 is 5.97 Å². The maximum Gasteiger partial charge on any atom is 0.339 e. The summed E-state index contributed by atoms with van der Waals surface area (Å²) in [6, 6.07) is 1.93. The highest BCUT2D eigenvalue weighted by molar-refractivity contribution is 5.90. The monoisotopic (exact) mass is 191 g/mol. The van der Waals surface area contributed by atoms with Crippen molar-refractivity contribution in [1.82, 2.24) is 4.98 Å². The fourth-order valence-electron chi connectivity index (χ4n) is 1.76. The van der Waals surface area contributed by atoms with Crippen molar-refractivity contribution in [2.24, 2.45) is 0 Å². The number of hydrogen-bond acceptors (Lipinski definition) is 3. The molecular formula is C11H13NO2. The summed E-state index contributed by atoms with van der Waals surface area (Å²) in [4.78, 5) is 15.4. The van der Waals surface area contributed by atoms with Gasteiger partial charge in [-0.2, -0.15) is 0 Å². The number of carbonyl (C=O) groups excluding carboxylic acids is 1. The van der Waals surface area contributed by atoms with Gasteiger partial charge in [0.2, 0.25) is 0 Å². The van der Waals surface area contributed by atoms with Crippen LogP contribution >= 0.6 is 0 Å². The van der Waals surface area contributed by atoms with Crippen molar-refractivity contribution in [2.45, 2.75) is 25.2 Å². The number of hydrogen-bond donors (Lipinski definition) is 0. The molecule has 1 saturated carbocycles. The van der Waals surface area contributed by atoms with E-state index in [-0.39, 0.29) is 5.97 Å². The first-order valence-electron chi connectivity index (χ1n) is 4.85. The van der Waals surface area contributed by atoms with E-state index in [9.17, 15) is 4.79 Å². The molecule has 0 aromatic carbocycles. The van der Waals surface area contributed by atoms with Crippen LogP contribution in [0.1, 0.15) is 41.1 Å². The van der Waals surface area contributed by atoms with Crippen LogP contribution in [0.15, 0.2) is 18.5 Å². The van der Waals surface area contributed by atoms with Crippen LogP contribution in [0.25, 0.3) is 0 Å². The zero-order valence-electron chi connectivity index (χ0n) is 8.19. The molecule has 1 heterocycles. The topological polar surface area (TPSA) is 39.2 Å². The van der Waals surface area contributed by atoms with Gasteiger partial charge in [-0.15, -0.1) is 0 Å². The summed E-state index contributed by atoms with van der Waals surface area (Å²) in [5.41, 5.74) is 1.72. The molecule has 3 nitrogen and oxygen atoms in total. The van der Waals surface area contributed by atoms with Crippen LogP contribution < -0.4 is 0 Å². The third kappa shape index (κ3) is 1.50. The van der Waals surface area contributed by atoms with E-state index in [4.69, 9.17) is 4.74 Å². The largest absolute Gasteiger partial charge is 0.465 e. The van der Waals surface area contributed by atoms with E-state index in [2.05, 4.69) is 4.98 Å². The molecule has 0 saturated heterocycles. The predicted molar refractivity (Wildman–Crippen MR) is 52.2 cm³/mol. The Morgan fingerprint density at radius 2 is 2.36 bits per heavy atom. The van der Waals surface area contributed by atoms with Gasteiger partial charge in [0.05, 0.1) is 12.7 Å². The van der Waals surface area contributed by atoms with Crippen molar-refractivity contribution in [3.05, 3.63) is 29.6 Å². The lowest BCUT2D eigenvalue weighted by molar-refractivity contribution is 0.0597. The van der Waals surface area contributed by atoms with Crippen LogP contribution in [0.3, 0.4) is 0 Å². The Morgan fingerprint density at radius 3 is 2.93 bits per heavy atom. The summed E-state index contributed by atoms with van der Waals surface area (Å²) in [5, 5.41) is 0. The molecule has 0 unspecified atom stereocenters. The quantitative estimate of drug-likeness (QED) is 0.672. The van der Waals surface area contributed by atoms with Crippen molar-refractivity contribution in [3.63, 3.8) is 0 Å². The van der Waals surface area contributed by atoms with E-state index in [0.717, 1.165) is 5.56 Å². The first-order valence-corrected chi connectivity index (χ1v) is 4.85. The minimum Gasteiger partial charge on any atom is -0.465 e. The van der Waals surface area contributed by atoms with Gasteiger partial charge in [-0.3, -0.25) is 4.98 Å². The van der Waals surface area contributed by atoms with E-state index in [0.29, 0.717) is 11.5 Å². The maximum absolute atomic E-state index is 11.4. The maximum atomic E-state index is 11.4. The molecule has 0 spiro atoms. The molecule has 3 heteroatoms. The van der Waals surface area contributed by atoms with E-state index in [1.54, 1.807) is 12.4 Å². The van der Waals surface area contributed by atoms with Gasteiger partial charge in [0, 0.05) is 12.4 Å². The highest BCUT2D eigenvalue weighted by atomic mass is 16.5. The third-order valence-corrected chi connectivity index (χ3v) is 2.81. The third-order valence-electron chi connectivity index (χ3n) is 2.81. The molecule has 0 aliphatic heterocycles. The Morgan fingerprint density at radius 1 is 1.57 bits per heavy atom. The normalized spacial score (nSPS) is 16.1. The van der Waals surface area contributed by atoms with Crippen LogP contribution in [-0.2, 0) is 4.74 Å². The second kappa shape index (κ2) is 3.78. The summed E-state index contributed by atoms with van der Waals surface area (Å²) < 4.78 is 4.72. The molecule has 1 aliphatic carbocycles. The average Bonchev–Trinajstić information content (AvgIpc) is 2.15. The van der Waals surface area contributed by atoms with Crippen molar-refractivity contribution in [2.75, 3.05) is 7.11 Å². The molecule has 14 heavy (non-hydrogen) atoms. The molecule has 0 radical (unpaired) electrons. The van der Waals surface area contributed by atoms with E-state index >= 15 is 0 Å². The highest BCUT2D eigenvalue weighted by Crippen LogP contribution is 2.37. The first kappa shape index (κ1) is 9.19. The van der Waals surface area contributed by atoms with Crippen molar-refractivity contribution >= 4 is 5.97 Å². The number of methoxy groups -OCH3 is 1. The smallest absolute Gasteiger partial charge is 0.339 e. The van der Waals surface area contributed by atoms with Gasteiger partial charge in [0.25, 0.3) is 0 Å². The number of pyridine rings is 1. The molecule has 0 bridgehead atoms. The zero-order valence-corrected chi connectivity index (χ0v) is 8.19. The lowest BCUT2D eigenvalue weighted by Gasteiger charge is -2.26. The second-order valence-corrected chi connectivity index (χ2v) is 3.58. The Labute approximate surface area is 83.1 Å². The number of ether oxygens (including phenoxy) is 1. The Balaban J connectivity index is 2.32. The Kier molecular flexibility index (Phi) is 2.48. The summed E-state index contributed by atoms with van der Waals surface area (Å²) in [6.07, 6.45) is 6.94. The molecule has 2 rings (SSSR count). The van der Waals surface area contributed by atoms with Crippen molar-refractivity contribution in [1.29, 1.82) is 0 Å². The molecule has 0 amide bonds. The molecule has 1 aromatic rings. The van der Waals surface area contributed by atoms with Gasteiger partial charge < -0.3 is 4.74 Å². The molecule has 74 valence electrons. The van der Waals surface area contributed by atoms with Crippen LogP contribution in [0, 0.1) is 0 Å². The van der Waals surface area contributed by atoms with E-state index in [1.165, 1.54) is 26.4 Å². The van der Waals surface area contributed by atoms with Gasteiger partial charge in [-0.25, -0.2) is 4.79 Å². The van der Waals surface area contributed by atoms with Crippen molar-refractivity contribution in [3.8, 4) is 0 Å². The first-order chi connectivity index (χ1) is 6.83. The lowest BCUT2D eigenvalue weighted by Crippen LogP contribution is -2.14. The average molecular weight is 191 g/mol. The number of carbonyl (C=O) groups is 1. The molecule has 1 aliphatic rings. The van der Waals surface area contributed by atoms with Crippen molar-refractivity contribution < 1.29 is 9.53 Å². The van der Waals surface area contributed by atoms with Gasteiger partial charge in [-0.05, 0) is 30.4 Å². The van der Waals surface area contributed by atoms with Gasteiger partial charge in [0.1, 0.15) is 0 Å². The minimum absolute atomic E-state index is 0.278. The molecule has 0 N–H and O–H groups in total. The molecular weight excluding hydrogens is 178 g/mol. The number of esters is 1. The Hall–Kier alpha value is -1.38. The standard InChI is InChI=1S/C11H13NO2/c1-14-11(13)10-7-12-6-5-9(10)8-3-2-4-8/h5-8H,2-4H2,1H3. The van der Waals surface area contributed by atoms with Crippen LogP contribution in [0.5, 0.6) is 0 Å². The molecule has 1 aromatic heterocycles. The summed E-state index contributed by atoms with van der Waals surface area (Å²) >= 11 is 0.